The zero-order valence-electron chi connectivity index (χ0n) is 10.3. The molecule has 0 aliphatic carbocycles. The summed E-state index contributed by atoms with van der Waals surface area (Å²) in [6.45, 7) is 2.85. The molecule has 0 atom stereocenters. The molecule has 0 unspecified atom stereocenters. The van der Waals surface area contributed by atoms with E-state index < -0.39 is 0 Å². The molecule has 0 aliphatic heterocycles. The molecule has 0 saturated heterocycles. The van der Waals surface area contributed by atoms with E-state index in [-0.39, 0.29) is 0 Å². The number of aromatic nitrogens is 2. The molecule has 0 spiro atoms. The number of nitrogens with zero attached hydrogens (tertiary/aromatic N) is 2. The molecule has 3 nitrogen and oxygen atoms in total. The average Bonchev–Trinajstić information content (AvgIpc) is 2.79. The second-order valence-corrected chi connectivity index (χ2v) is 4.21. The van der Waals surface area contributed by atoms with Crippen LogP contribution in [0.15, 0.2) is 36.8 Å². The van der Waals surface area contributed by atoms with Gasteiger partial charge in [-0.2, -0.15) is 0 Å². The van der Waals surface area contributed by atoms with E-state index in [9.17, 15) is 0 Å². The maximum Gasteiger partial charge on any atom is 0.0994 e. The first kappa shape index (κ1) is 11.9. The monoisotopic (exact) mass is 229 g/mol. The molecule has 0 bridgehead atoms. The Morgan fingerprint density at radius 3 is 2.59 bits per heavy atom. The second kappa shape index (κ2) is 5.64. The van der Waals surface area contributed by atoms with E-state index in [1.165, 1.54) is 12.0 Å². The molecular formula is C14H19N3. The van der Waals surface area contributed by atoms with Gasteiger partial charge in [-0.25, -0.2) is 4.98 Å². The Morgan fingerprint density at radius 1 is 1.18 bits per heavy atom. The van der Waals surface area contributed by atoms with Crippen molar-refractivity contribution in [3.8, 4) is 5.69 Å². The largest absolute Gasteiger partial charge is 0.330 e. The summed E-state index contributed by atoms with van der Waals surface area (Å²) in [5.74, 6) is 0. The molecule has 0 amide bonds. The van der Waals surface area contributed by atoms with E-state index in [0.29, 0.717) is 6.54 Å². The number of hydrogen-bond donors (Lipinski definition) is 1. The Labute approximate surface area is 102 Å². The lowest BCUT2D eigenvalue weighted by atomic mass is 10.1. The highest BCUT2D eigenvalue weighted by Gasteiger charge is 2.03. The minimum absolute atomic E-state index is 0.652. The van der Waals surface area contributed by atoms with Crippen molar-refractivity contribution >= 4 is 0 Å². The minimum Gasteiger partial charge on any atom is -0.330 e. The topological polar surface area (TPSA) is 43.8 Å². The van der Waals surface area contributed by atoms with E-state index in [0.717, 1.165) is 24.2 Å². The van der Waals surface area contributed by atoms with Crippen molar-refractivity contribution in [2.75, 3.05) is 6.54 Å². The zero-order chi connectivity index (χ0) is 12.1. The fraction of sp³-hybridized carbons (Fsp3) is 0.357. The molecule has 1 aromatic carbocycles. The first-order chi connectivity index (χ1) is 8.35. The van der Waals surface area contributed by atoms with E-state index >= 15 is 0 Å². The maximum atomic E-state index is 5.59. The normalized spacial score (nSPS) is 10.7. The Bertz CT molecular complexity index is 457. The van der Waals surface area contributed by atoms with Crippen molar-refractivity contribution in [1.29, 1.82) is 0 Å². The first-order valence-electron chi connectivity index (χ1n) is 6.15. The van der Waals surface area contributed by atoms with Gasteiger partial charge in [0.2, 0.25) is 0 Å². The minimum atomic E-state index is 0.652. The van der Waals surface area contributed by atoms with Gasteiger partial charge in [0.05, 0.1) is 6.33 Å². The fourth-order valence-corrected chi connectivity index (χ4v) is 2.00. The predicted molar refractivity (Wildman–Crippen MR) is 70.3 cm³/mol. The Kier molecular flexibility index (Phi) is 3.94. The van der Waals surface area contributed by atoms with Gasteiger partial charge in [-0.05, 0) is 30.7 Å². The number of benzene rings is 1. The average molecular weight is 229 g/mol. The molecule has 17 heavy (non-hydrogen) atoms. The van der Waals surface area contributed by atoms with Crippen molar-refractivity contribution in [3.63, 3.8) is 0 Å². The van der Waals surface area contributed by atoms with Gasteiger partial charge in [0, 0.05) is 24.0 Å². The highest BCUT2D eigenvalue weighted by atomic mass is 15.0. The predicted octanol–water partition coefficient (Wildman–Crippen LogP) is 2.33. The second-order valence-electron chi connectivity index (χ2n) is 4.21. The first-order valence-corrected chi connectivity index (χ1v) is 6.15. The Hall–Kier alpha value is -1.61. The number of aryl methyl sites for hydroxylation is 1. The molecule has 2 N–H and O–H groups in total. The third kappa shape index (κ3) is 2.74. The van der Waals surface area contributed by atoms with Crippen LogP contribution in [0.5, 0.6) is 0 Å². The zero-order valence-corrected chi connectivity index (χ0v) is 10.3. The van der Waals surface area contributed by atoms with Crippen molar-refractivity contribution in [3.05, 3.63) is 48.0 Å². The Morgan fingerprint density at radius 2 is 1.94 bits per heavy atom. The molecule has 2 aromatic rings. The van der Waals surface area contributed by atoms with E-state index in [4.69, 9.17) is 5.73 Å². The third-order valence-corrected chi connectivity index (χ3v) is 2.87. The Balaban J connectivity index is 2.23. The van der Waals surface area contributed by atoms with Gasteiger partial charge in [0.15, 0.2) is 0 Å². The smallest absolute Gasteiger partial charge is 0.0994 e. The van der Waals surface area contributed by atoms with Gasteiger partial charge in [0.25, 0.3) is 0 Å². The van der Waals surface area contributed by atoms with Gasteiger partial charge in [-0.3, -0.25) is 0 Å². The van der Waals surface area contributed by atoms with Crippen LogP contribution in [0, 0.1) is 0 Å². The molecule has 0 fully saturated rings. The number of nitrogens with two attached hydrogens (primary N) is 1. The van der Waals surface area contributed by atoms with Crippen LogP contribution in [-0.4, -0.2) is 16.1 Å². The summed E-state index contributed by atoms with van der Waals surface area (Å²) in [5, 5.41) is 0. The van der Waals surface area contributed by atoms with E-state index in [2.05, 4.69) is 40.7 Å². The standard InChI is InChI=1S/C14H19N3/c1-2-3-12-4-6-13(7-5-12)17-11-16-10-14(17)8-9-15/h4-7,10-11H,2-3,8-9,15H2,1H3. The van der Waals surface area contributed by atoms with Crippen molar-refractivity contribution in [2.24, 2.45) is 5.73 Å². The van der Waals surface area contributed by atoms with Gasteiger partial charge >= 0.3 is 0 Å². The molecule has 3 heteroatoms. The molecule has 90 valence electrons. The molecule has 2 rings (SSSR count). The third-order valence-electron chi connectivity index (χ3n) is 2.87. The highest BCUT2D eigenvalue weighted by molar-refractivity contribution is 5.36. The van der Waals surface area contributed by atoms with Crippen LogP contribution in [0.25, 0.3) is 5.69 Å². The summed E-state index contributed by atoms with van der Waals surface area (Å²) in [5.41, 5.74) is 9.30. The van der Waals surface area contributed by atoms with Crippen molar-refractivity contribution in [2.45, 2.75) is 26.2 Å². The summed E-state index contributed by atoms with van der Waals surface area (Å²) in [6, 6.07) is 8.66. The van der Waals surface area contributed by atoms with Gasteiger partial charge in [0.1, 0.15) is 0 Å². The van der Waals surface area contributed by atoms with Crippen LogP contribution in [0.2, 0.25) is 0 Å². The van der Waals surface area contributed by atoms with Gasteiger partial charge in [-0.1, -0.05) is 25.5 Å². The summed E-state index contributed by atoms with van der Waals surface area (Å²) >= 11 is 0. The number of hydrogen-bond acceptors (Lipinski definition) is 2. The van der Waals surface area contributed by atoms with Crippen LogP contribution < -0.4 is 5.73 Å². The summed E-state index contributed by atoms with van der Waals surface area (Å²) < 4.78 is 2.10. The summed E-state index contributed by atoms with van der Waals surface area (Å²) in [6.07, 6.45) is 6.91. The molecule has 0 saturated carbocycles. The van der Waals surface area contributed by atoms with Crippen LogP contribution in [0.1, 0.15) is 24.6 Å². The van der Waals surface area contributed by atoms with Crippen molar-refractivity contribution in [1.82, 2.24) is 9.55 Å². The quantitative estimate of drug-likeness (QED) is 0.855. The SMILES string of the molecule is CCCc1ccc(-n2cncc2CCN)cc1. The lowest BCUT2D eigenvalue weighted by molar-refractivity contribution is 0.871. The van der Waals surface area contributed by atoms with Crippen LogP contribution in [-0.2, 0) is 12.8 Å². The lowest BCUT2D eigenvalue weighted by Gasteiger charge is -2.08. The number of imidazole rings is 1. The van der Waals surface area contributed by atoms with Crippen molar-refractivity contribution < 1.29 is 0 Å². The van der Waals surface area contributed by atoms with E-state index in [1.54, 1.807) is 0 Å². The van der Waals surface area contributed by atoms with Gasteiger partial charge < -0.3 is 10.3 Å². The summed E-state index contributed by atoms with van der Waals surface area (Å²) in [7, 11) is 0. The summed E-state index contributed by atoms with van der Waals surface area (Å²) in [4.78, 5) is 4.18. The van der Waals surface area contributed by atoms with Crippen LogP contribution in [0.4, 0.5) is 0 Å². The van der Waals surface area contributed by atoms with Crippen LogP contribution in [0.3, 0.4) is 0 Å². The molecule has 0 aliphatic rings. The molecule has 1 aromatic heterocycles. The molecule has 1 heterocycles. The van der Waals surface area contributed by atoms with Gasteiger partial charge in [-0.15, -0.1) is 0 Å². The highest BCUT2D eigenvalue weighted by Crippen LogP contribution is 2.13. The molecular weight excluding hydrogens is 210 g/mol. The van der Waals surface area contributed by atoms with E-state index in [1.807, 2.05) is 12.5 Å². The molecule has 0 radical (unpaired) electrons. The lowest BCUT2D eigenvalue weighted by Crippen LogP contribution is -2.07. The number of rotatable bonds is 5. The fourth-order valence-electron chi connectivity index (χ4n) is 2.00. The van der Waals surface area contributed by atoms with Crippen LogP contribution >= 0.6 is 0 Å². The maximum absolute atomic E-state index is 5.59.